The number of anilines is 2. The zero-order chi connectivity index (χ0) is 13.1. The number of nitrogens with zero attached hydrogens (tertiary/aromatic N) is 2. The van der Waals surface area contributed by atoms with Crippen LogP contribution in [0.1, 0.15) is 0 Å². The van der Waals surface area contributed by atoms with Crippen LogP contribution in [0.25, 0.3) is 5.69 Å². The molecule has 2 aromatic carbocycles. The predicted molar refractivity (Wildman–Crippen MR) is 75.0 cm³/mol. The number of phenolic OH excluding ortho intramolecular Hbond substituents is 1. The molecule has 4 nitrogen and oxygen atoms in total. The first kappa shape index (κ1) is 11.3. The maximum absolute atomic E-state index is 9.71. The number of aromatic hydroxyl groups is 1. The Morgan fingerprint density at radius 2 is 1.68 bits per heavy atom. The number of phenols is 1. The molecule has 0 spiro atoms. The molecule has 94 valence electrons. The van der Waals surface area contributed by atoms with Crippen LogP contribution in [-0.2, 0) is 0 Å². The Labute approximate surface area is 110 Å². The molecule has 0 saturated carbocycles. The summed E-state index contributed by atoms with van der Waals surface area (Å²) in [5.41, 5.74) is 2.48. The van der Waals surface area contributed by atoms with Gasteiger partial charge in [-0.3, -0.25) is 0 Å². The number of para-hydroxylation sites is 3. The minimum absolute atomic E-state index is 0.218. The van der Waals surface area contributed by atoms with Gasteiger partial charge in [-0.15, -0.1) is 0 Å². The first-order valence-electron chi connectivity index (χ1n) is 5.98. The molecule has 0 aliphatic heterocycles. The van der Waals surface area contributed by atoms with Gasteiger partial charge in [-0.25, -0.2) is 4.68 Å². The lowest BCUT2D eigenvalue weighted by atomic mass is 10.3. The fourth-order valence-corrected chi connectivity index (χ4v) is 1.84. The van der Waals surface area contributed by atoms with Crippen molar-refractivity contribution in [3.05, 3.63) is 67.0 Å². The molecule has 0 bridgehead atoms. The van der Waals surface area contributed by atoms with E-state index in [2.05, 4.69) is 10.4 Å². The highest BCUT2D eigenvalue weighted by atomic mass is 16.3. The van der Waals surface area contributed by atoms with Crippen LogP contribution in [-0.4, -0.2) is 14.9 Å². The Hall–Kier alpha value is -2.75. The van der Waals surface area contributed by atoms with Gasteiger partial charge >= 0.3 is 0 Å². The number of nitrogens with one attached hydrogen (secondary N) is 1. The largest absolute Gasteiger partial charge is 0.506 e. The third kappa shape index (κ3) is 2.42. The maximum Gasteiger partial charge on any atom is 0.139 e. The van der Waals surface area contributed by atoms with E-state index in [-0.39, 0.29) is 5.75 Å². The standard InChI is InChI=1S/C15H13N3O/c19-15-9-5-4-8-14(15)17-12-10-16-18(11-12)13-6-2-1-3-7-13/h1-11,17,19H. The topological polar surface area (TPSA) is 50.1 Å². The fraction of sp³-hybridized carbons (Fsp3) is 0. The molecule has 2 N–H and O–H groups in total. The van der Waals surface area contributed by atoms with Gasteiger partial charge in [0.15, 0.2) is 0 Å². The smallest absolute Gasteiger partial charge is 0.139 e. The highest BCUT2D eigenvalue weighted by Gasteiger charge is 2.03. The lowest BCUT2D eigenvalue weighted by Crippen LogP contribution is -1.93. The second-order valence-corrected chi connectivity index (χ2v) is 4.15. The van der Waals surface area contributed by atoms with Crippen molar-refractivity contribution in [3.63, 3.8) is 0 Å². The quantitative estimate of drug-likeness (QED) is 0.702. The molecule has 19 heavy (non-hydrogen) atoms. The van der Waals surface area contributed by atoms with Gasteiger partial charge in [-0.05, 0) is 24.3 Å². The molecule has 3 aromatic rings. The van der Waals surface area contributed by atoms with Gasteiger partial charge in [-0.2, -0.15) is 5.10 Å². The highest BCUT2D eigenvalue weighted by Crippen LogP contribution is 2.25. The van der Waals surface area contributed by atoms with E-state index in [1.54, 1.807) is 23.0 Å². The molecule has 4 heteroatoms. The van der Waals surface area contributed by atoms with Gasteiger partial charge < -0.3 is 10.4 Å². The van der Waals surface area contributed by atoms with Gasteiger partial charge in [0.1, 0.15) is 5.75 Å². The zero-order valence-electron chi connectivity index (χ0n) is 10.2. The molecule has 0 aliphatic carbocycles. The Morgan fingerprint density at radius 3 is 2.47 bits per heavy atom. The van der Waals surface area contributed by atoms with Crippen LogP contribution in [0.3, 0.4) is 0 Å². The second-order valence-electron chi connectivity index (χ2n) is 4.15. The highest BCUT2D eigenvalue weighted by molar-refractivity contribution is 5.64. The summed E-state index contributed by atoms with van der Waals surface area (Å²) < 4.78 is 1.78. The van der Waals surface area contributed by atoms with Crippen molar-refractivity contribution < 1.29 is 5.11 Å². The molecule has 3 rings (SSSR count). The van der Waals surface area contributed by atoms with Crippen LogP contribution in [0.2, 0.25) is 0 Å². The summed E-state index contributed by atoms with van der Waals surface area (Å²) in [4.78, 5) is 0. The van der Waals surface area contributed by atoms with Crippen molar-refractivity contribution in [2.24, 2.45) is 0 Å². The number of aromatic nitrogens is 2. The van der Waals surface area contributed by atoms with E-state index in [9.17, 15) is 5.11 Å². The van der Waals surface area contributed by atoms with Crippen molar-refractivity contribution >= 4 is 11.4 Å². The summed E-state index contributed by atoms with van der Waals surface area (Å²) in [5.74, 6) is 0.218. The van der Waals surface area contributed by atoms with Gasteiger partial charge in [0.2, 0.25) is 0 Å². The molecule has 1 heterocycles. The molecule has 0 radical (unpaired) electrons. The van der Waals surface area contributed by atoms with Gasteiger partial charge in [-0.1, -0.05) is 30.3 Å². The molecule has 1 aromatic heterocycles. The van der Waals surface area contributed by atoms with Crippen molar-refractivity contribution in [1.82, 2.24) is 9.78 Å². The summed E-state index contributed by atoms with van der Waals surface area (Å²) >= 11 is 0. The molecule has 0 atom stereocenters. The summed E-state index contributed by atoms with van der Waals surface area (Å²) in [6.07, 6.45) is 3.60. The minimum Gasteiger partial charge on any atom is -0.506 e. The SMILES string of the molecule is Oc1ccccc1Nc1cnn(-c2ccccc2)c1. The maximum atomic E-state index is 9.71. The minimum atomic E-state index is 0.218. The average molecular weight is 251 g/mol. The number of benzene rings is 2. The monoisotopic (exact) mass is 251 g/mol. The zero-order valence-corrected chi connectivity index (χ0v) is 10.2. The lowest BCUT2D eigenvalue weighted by molar-refractivity contribution is 0.478. The van der Waals surface area contributed by atoms with Crippen LogP contribution in [0.15, 0.2) is 67.0 Å². The summed E-state index contributed by atoms with van der Waals surface area (Å²) in [6, 6.07) is 17.0. The van der Waals surface area contributed by atoms with Crippen LogP contribution in [0, 0.1) is 0 Å². The van der Waals surface area contributed by atoms with Crippen LogP contribution in [0.4, 0.5) is 11.4 Å². The summed E-state index contributed by atoms with van der Waals surface area (Å²) in [6.45, 7) is 0. The Morgan fingerprint density at radius 1 is 0.947 bits per heavy atom. The Kier molecular flexibility index (Phi) is 2.90. The van der Waals surface area contributed by atoms with Crippen molar-refractivity contribution in [1.29, 1.82) is 0 Å². The van der Waals surface area contributed by atoms with Crippen molar-refractivity contribution in [3.8, 4) is 11.4 Å². The number of rotatable bonds is 3. The molecule has 0 amide bonds. The van der Waals surface area contributed by atoms with Crippen LogP contribution < -0.4 is 5.32 Å². The Balaban J connectivity index is 1.85. The van der Waals surface area contributed by atoms with Crippen LogP contribution >= 0.6 is 0 Å². The Bertz CT molecular complexity index is 677. The second kappa shape index (κ2) is 4.86. The normalized spacial score (nSPS) is 10.3. The summed E-state index contributed by atoms with van der Waals surface area (Å²) in [7, 11) is 0. The molecule has 0 saturated heterocycles. The van der Waals surface area contributed by atoms with E-state index in [0.717, 1.165) is 11.4 Å². The molecular formula is C15H13N3O. The van der Waals surface area contributed by atoms with E-state index < -0.39 is 0 Å². The van der Waals surface area contributed by atoms with E-state index >= 15 is 0 Å². The van der Waals surface area contributed by atoms with Crippen molar-refractivity contribution in [2.75, 3.05) is 5.32 Å². The van der Waals surface area contributed by atoms with Gasteiger partial charge in [0, 0.05) is 0 Å². The average Bonchev–Trinajstić information content (AvgIpc) is 2.91. The molecule has 0 unspecified atom stereocenters. The van der Waals surface area contributed by atoms with Gasteiger partial charge in [0.05, 0.1) is 29.5 Å². The predicted octanol–water partition coefficient (Wildman–Crippen LogP) is 3.32. The fourth-order valence-electron chi connectivity index (χ4n) is 1.84. The molecule has 0 fully saturated rings. The number of hydrogen-bond donors (Lipinski definition) is 2. The number of hydrogen-bond acceptors (Lipinski definition) is 3. The van der Waals surface area contributed by atoms with E-state index in [1.165, 1.54) is 0 Å². The molecular weight excluding hydrogens is 238 g/mol. The van der Waals surface area contributed by atoms with E-state index in [4.69, 9.17) is 0 Å². The first-order valence-corrected chi connectivity index (χ1v) is 5.98. The van der Waals surface area contributed by atoms with Crippen molar-refractivity contribution in [2.45, 2.75) is 0 Å². The van der Waals surface area contributed by atoms with Gasteiger partial charge in [0.25, 0.3) is 0 Å². The first-order chi connectivity index (χ1) is 9.33. The van der Waals surface area contributed by atoms with Crippen LogP contribution in [0.5, 0.6) is 5.75 Å². The molecule has 0 aliphatic rings. The third-order valence-corrected chi connectivity index (χ3v) is 2.79. The third-order valence-electron chi connectivity index (χ3n) is 2.79. The van der Waals surface area contributed by atoms with E-state index in [0.29, 0.717) is 5.69 Å². The lowest BCUT2D eigenvalue weighted by Gasteiger charge is -2.05. The summed E-state index contributed by atoms with van der Waals surface area (Å²) in [5, 5.41) is 17.1. The van der Waals surface area contributed by atoms with E-state index in [1.807, 2.05) is 48.7 Å².